The highest BCUT2D eigenvalue weighted by Crippen LogP contribution is 2.10. The van der Waals surface area contributed by atoms with Crippen LogP contribution in [0.25, 0.3) is 0 Å². The van der Waals surface area contributed by atoms with Crippen LogP contribution >= 0.6 is 0 Å². The average molecular weight is 184 g/mol. The molecule has 0 rings (SSSR count). The molecule has 0 amide bonds. The summed E-state index contributed by atoms with van der Waals surface area (Å²) in [5.74, 6) is 0. The van der Waals surface area contributed by atoms with E-state index in [1.54, 1.807) is 0 Å². The molecular formula is C11H24N2. The van der Waals surface area contributed by atoms with Crippen LogP contribution in [0.5, 0.6) is 0 Å². The van der Waals surface area contributed by atoms with E-state index in [-0.39, 0.29) is 0 Å². The Bertz CT molecular complexity index is 171. The van der Waals surface area contributed by atoms with Gasteiger partial charge in [-0.25, -0.2) is 0 Å². The number of hydrogen-bond acceptors (Lipinski definition) is 2. The zero-order valence-corrected chi connectivity index (χ0v) is 10.0. The predicted molar refractivity (Wildman–Crippen MR) is 59.6 cm³/mol. The maximum atomic E-state index is 2.33. The third-order valence-corrected chi connectivity index (χ3v) is 2.61. The minimum Gasteiger partial charge on any atom is -0.380 e. The fourth-order valence-electron chi connectivity index (χ4n) is 1.16. The molecule has 0 fully saturated rings. The molecule has 0 aliphatic heterocycles. The van der Waals surface area contributed by atoms with Crippen molar-refractivity contribution in [3.8, 4) is 0 Å². The van der Waals surface area contributed by atoms with Gasteiger partial charge in [0, 0.05) is 39.1 Å². The molecule has 0 atom stereocenters. The van der Waals surface area contributed by atoms with Gasteiger partial charge in [0.2, 0.25) is 0 Å². The fourth-order valence-corrected chi connectivity index (χ4v) is 1.16. The first kappa shape index (κ1) is 12.3. The van der Waals surface area contributed by atoms with Crippen LogP contribution in [-0.2, 0) is 0 Å². The Kier molecular flexibility index (Phi) is 5.60. The Morgan fingerprint density at radius 2 is 1.54 bits per heavy atom. The average Bonchev–Trinajstić information content (AvgIpc) is 2.11. The second-order valence-corrected chi connectivity index (χ2v) is 3.84. The summed E-state index contributed by atoms with van der Waals surface area (Å²) < 4.78 is 0. The SMILES string of the molecule is CCCCN(C)C(C)=C(C)N(C)C. The number of nitrogens with zero attached hydrogens (tertiary/aromatic N) is 2. The quantitative estimate of drug-likeness (QED) is 0.648. The standard InChI is InChI=1S/C11H24N2/c1-7-8-9-13(6)11(3)10(2)12(4)5/h7-9H2,1-6H3. The summed E-state index contributed by atoms with van der Waals surface area (Å²) in [6.45, 7) is 7.74. The van der Waals surface area contributed by atoms with Gasteiger partial charge in [-0.2, -0.15) is 0 Å². The number of unbranched alkanes of at least 4 members (excludes halogenated alkanes) is 1. The lowest BCUT2D eigenvalue weighted by atomic mass is 10.2. The predicted octanol–water partition coefficient (Wildman–Crippen LogP) is 2.53. The Morgan fingerprint density at radius 1 is 1.00 bits per heavy atom. The number of rotatable bonds is 5. The van der Waals surface area contributed by atoms with Crippen LogP contribution in [0.2, 0.25) is 0 Å². The van der Waals surface area contributed by atoms with Gasteiger partial charge in [0.05, 0.1) is 0 Å². The van der Waals surface area contributed by atoms with Crippen molar-refractivity contribution >= 4 is 0 Å². The van der Waals surface area contributed by atoms with Gasteiger partial charge in [-0.3, -0.25) is 0 Å². The molecular weight excluding hydrogens is 160 g/mol. The molecule has 0 radical (unpaired) electrons. The molecule has 2 nitrogen and oxygen atoms in total. The van der Waals surface area contributed by atoms with Gasteiger partial charge in [-0.05, 0) is 20.3 Å². The maximum Gasteiger partial charge on any atom is 0.0290 e. The molecule has 0 aromatic heterocycles. The Morgan fingerprint density at radius 3 is 1.92 bits per heavy atom. The monoisotopic (exact) mass is 184 g/mol. The first-order valence-electron chi connectivity index (χ1n) is 5.06. The number of allylic oxidation sites excluding steroid dienone is 2. The van der Waals surface area contributed by atoms with Crippen molar-refractivity contribution < 1.29 is 0 Å². The summed E-state index contributed by atoms with van der Waals surface area (Å²) in [6, 6.07) is 0. The van der Waals surface area contributed by atoms with E-state index in [1.165, 1.54) is 24.2 Å². The summed E-state index contributed by atoms with van der Waals surface area (Å²) in [5.41, 5.74) is 2.72. The van der Waals surface area contributed by atoms with E-state index < -0.39 is 0 Å². The summed E-state index contributed by atoms with van der Waals surface area (Å²) in [7, 11) is 6.34. The second-order valence-electron chi connectivity index (χ2n) is 3.84. The van der Waals surface area contributed by atoms with E-state index in [2.05, 4.69) is 51.7 Å². The van der Waals surface area contributed by atoms with Gasteiger partial charge in [0.1, 0.15) is 0 Å². The molecule has 0 unspecified atom stereocenters. The molecule has 0 aromatic carbocycles. The lowest BCUT2D eigenvalue weighted by Gasteiger charge is -2.25. The Labute approximate surface area is 83.2 Å². The summed E-state index contributed by atoms with van der Waals surface area (Å²) in [4.78, 5) is 4.50. The van der Waals surface area contributed by atoms with Crippen LogP contribution < -0.4 is 0 Å². The lowest BCUT2D eigenvalue weighted by Crippen LogP contribution is -2.22. The Balaban J connectivity index is 4.21. The molecule has 13 heavy (non-hydrogen) atoms. The Hall–Kier alpha value is -0.660. The minimum absolute atomic E-state index is 1.16. The molecule has 78 valence electrons. The van der Waals surface area contributed by atoms with Crippen molar-refractivity contribution in [1.29, 1.82) is 0 Å². The molecule has 2 heteroatoms. The molecule has 0 spiro atoms. The summed E-state index contributed by atoms with van der Waals surface area (Å²) in [5, 5.41) is 0. The second kappa shape index (κ2) is 5.90. The van der Waals surface area contributed by atoms with Crippen molar-refractivity contribution in [3.63, 3.8) is 0 Å². The van der Waals surface area contributed by atoms with Gasteiger partial charge in [0.15, 0.2) is 0 Å². The molecule has 0 heterocycles. The van der Waals surface area contributed by atoms with E-state index >= 15 is 0 Å². The van der Waals surface area contributed by atoms with Crippen molar-refractivity contribution in [2.45, 2.75) is 33.6 Å². The lowest BCUT2D eigenvalue weighted by molar-refractivity contribution is 0.379. The van der Waals surface area contributed by atoms with Crippen LogP contribution in [-0.4, -0.2) is 37.5 Å². The third-order valence-electron chi connectivity index (χ3n) is 2.61. The van der Waals surface area contributed by atoms with Crippen molar-refractivity contribution in [1.82, 2.24) is 9.80 Å². The van der Waals surface area contributed by atoms with Crippen LogP contribution in [0.15, 0.2) is 11.4 Å². The van der Waals surface area contributed by atoms with Gasteiger partial charge in [-0.1, -0.05) is 13.3 Å². The maximum absolute atomic E-state index is 2.33. The molecule has 0 N–H and O–H groups in total. The highest BCUT2D eigenvalue weighted by atomic mass is 15.1. The van der Waals surface area contributed by atoms with Crippen molar-refractivity contribution in [3.05, 3.63) is 11.4 Å². The van der Waals surface area contributed by atoms with Gasteiger partial charge in [0.25, 0.3) is 0 Å². The molecule has 0 aliphatic carbocycles. The van der Waals surface area contributed by atoms with Gasteiger partial charge < -0.3 is 9.80 Å². The molecule has 0 aliphatic rings. The van der Waals surface area contributed by atoms with Crippen molar-refractivity contribution in [2.24, 2.45) is 0 Å². The normalized spacial score (nSPS) is 12.5. The topological polar surface area (TPSA) is 6.48 Å². The molecule has 0 saturated carbocycles. The van der Waals surface area contributed by atoms with Crippen LogP contribution in [0.3, 0.4) is 0 Å². The smallest absolute Gasteiger partial charge is 0.0290 e. The van der Waals surface area contributed by atoms with E-state index in [0.717, 1.165) is 6.54 Å². The zero-order chi connectivity index (χ0) is 10.4. The highest BCUT2D eigenvalue weighted by Gasteiger charge is 2.03. The third kappa shape index (κ3) is 4.20. The molecule has 0 saturated heterocycles. The van der Waals surface area contributed by atoms with E-state index in [1.807, 2.05) is 0 Å². The molecule has 0 aromatic rings. The van der Waals surface area contributed by atoms with E-state index in [0.29, 0.717) is 0 Å². The largest absolute Gasteiger partial charge is 0.380 e. The van der Waals surface area contributed by atoms with E-state index in [9.17, 15) is 0 Å². The van der Waals surface area contributed by atoms with Gasteiger partial charge >= 0.3 is 0 Å². The van der Waals surface area contributed by atoms with Crippen LogP contribution in [0.1, 0.15) is 33.6 Å². The summed E-state index contributed by atoms with van der Waals surface area (Å²) >= 11 is 0. The van der Waals surface area contributed by atoms with Crippen molar-refractivity contribution in [2.75, 3.05) is 27.7 Å². The number of hydrogen-bond donors (Lipinski definition) is 0. The van der Waals surface area contributed by atoms with Crippen LogP contribution in [0, 0.1) is 0 Å². The van der Waals surface area contributed by atoms with Crippen LogP contribution in [0.4, 0.5) is 0 Å². The first-order chi connectivity index (χ1) is 6.00. The van der Waals surface area contributed by atoms with Gasteiger partial charge in [-0.15, -0.1) is 0 Å². The molecule has 0 bridgehead atoms. The van der Waals surface area contributed by atoms with E-state index in [4.69, 9.17) is 0 Å². The highest BCUT2D eigenvalue weighted by molar-refractivity contribution is 5.06. The zero-order valence-electron chi connectivity index (χ0n) is 10.0. The summed E-state index contributed by atoms with van der Waals surface area (Å²) in [6.07, 6.45) is 2.53. The fraction of sp³-hybridized carbons (Fsp3) is 0.818. The first-order valence-corrected chi connectivity index (χ1v) is 5.06. The minimum atomic E-state index is 1.16.